The van der Waals surface area contributed by atoms with Crippen LogP contribution in [0.3, 0.4) is 0 Å². The Morgan fingerprint density at radius 3 is 1.64 bits per heavy atom. The Balaban J connectivity index is -0.000000252. The van der Waals surface area contributed by atoms with E-state index < -0.39 is 0 Å². The van der Waals surface area contributed by atoms with Gasteiger partial charge in [0.1, 0.15) is 17.9 Å². The number of Topliss-reactive ketones (excluding diaryl/α,β-unsaturated/α-hetero) is 2. The minimum absolute atomic E-state index is 0.227. The molecule has 0 aliphatic rings. The molecule has 3 heteroatoms. The molecule has 0 aliphatic heterocycles. The van der Waals surface area contributed by atoms with Crippen LogP contribution in [0.2, 0.25) is 0 Å². The summed E-state index contributed by atoms with van der Waals surface area (Å²) in [5.41, 5.74) is 0. The van der Waals surface area contributed by atoms with E-state index in [9.17, 15) is 14.4 Å². The van der Waals surface area contributed by atoms with Crippen molar-refractivity contribution in [1.29, 1.82) is 0 Å². The second kappa shape index (κ2) is 18.1. The summed E-state index contributed by atoms with van der Waals surface area (Å²) in [4.78, 5) is 30.7. The van der Waals surface area contributed by atoms with Crippen LogP contribution in [-0.4, -0.2) is 17.9 Å². The Bertz CT molecular complexity index is 280. The Labute approximate surface area is 138 Å². The standard InChI is InChI=1S/C8H16O.C6H12O.C5H10O/c1-7(2)5-4-6-8(3)9;1-4-6(7)5(2)3;1-3-5(2)4-6/h7H,4-6H2,1-3H3;5H,4H2,1-3H3;4-5H,3H2,1-2H3. The average molecular weight is 315 g/mol. The summed E-state index contributed by atoms with van der Waals surface area (Å²) >= 11 is 0. The fourth-order valence-electron chi connectivity index (χ4n) is 1.26. The van der Waals surface area contributed by atoms with E-state index in [2.05, 4.69) is 13.8 Å². The number of rotatable bonds is 8. The maximum absolute atomic E-state index is 10.5. The van der Waals surface area contributed by atoms with Crippen LogP contribution in [0.4, 0.5) is 0 Å². The van der Waals surface area contributed by atoms with Crippen molar-refractivity contribution >= 4 is 17.9 Å². The van der Waals surface area contributed by atoms with Gasteiger partial charge in [0.25, 0.3) is 0 Å². The Hall–Kier alpha value is -0.990. The lowest BCUT2D eigenvalue weighted by Crippen LogP contribution is -2.03. The lowest BCUT2D eigenvalue weighted by Gasteiger charge is -2.00. The van der Waals surface area contributed by atoms with Crippen LogP contribution in [0.1, 0.15) is 87.5 Å². The molecule has 0 radical (unpaired) electrons. The summed E-state index contributed by atoms with van der Waals surface area (Å²) in [5.74, 6) is 1.88. The van der Waals surface area contributed by atoms with E-state index in [1.54, 1.807) is 6.92 Å². The zero-order chi connectivity index (χ0) is 18.1. The number of ketones is 2. The summed E-state index contributed by atoms with van der Waals surface area (Å²) < 4.78 is 0. The van der Waals surface area contributed by atoms with E-state index in [0.29, 0.717) is 18.0 Å². The number of aldehydes is 1. The number of carbonyl (C=O) groups is 3. The lowest BCUT2D eigenvalue weighted by molar-refractivity contribution is -0.121. The van der Waals surface area contributed by atoms with Gasteiger partial charge in [-0.3, -0.25) is 4.79 Å². The van der Waals surface area contributed by atoms with Gasteiger partial charge in [-0.15, -0.1) is 0 Å². The van der Waals surface area contributed by atoms with Crippen LogP contribution in [0.25, 0.3) is 0 Å². The third kappa shape index (κ3) is 27.4. The molecule has 0 aromatic rings. The number of carbonyl (C=O) groups excluding carboxylic acids is 3. The molecule has 3 nitrogen and oxygen atoms in total. The second-order valence-electron chi connectivity index (χ2n) is 6.48. The van der Waals surface area contributed by atoms with Gasteiger partial charge in [0, 0.05) is 24.7 Å². The highest BCUT2D eigenvalue weighted by atomic mass is 16.1. The fourth-order valence-corrected chi connectivity index (χ4v) is 1.26. The first-order valence-corrected chi connectivity index (χ1v) is 8.59. The molecule has 0 bridgehead atoms. The van der Waals surface area contributed by atoms with Gasteiger partial charge in [-0.05, 0) is 25.7 Å². The van der Waals surface area contributed by atoms with Crippen LogP contribution in [0, 0.1) is 17.8 Å². The zero-order valence-electron chi connectivity index (χ0n) is 16.1. The molecule has 0 spiro atoms. The SMILES string of the molecule is CC(=O)CCCC(C)C.CCC(=O)C(C)C.CCC(C)C=O. The van der Waals surface area contributed by atoms with Crippen molar-refractivity contribution in [2.24, 2.45) is 17.8 Å². The third-order valence-corrected chi connectivity index (χ3v) is 3.18. The van der Waals surface area contributed by atoms with Crippen LogP contribution < -0.4 is 0 Å². The van der Waals surface area contributed by atoms with E-state index in [-0.39, 0.29) is 11.8 Å². The fraction of sp³-hybridized carbons (Fsp3) is 0.842. The van der Waals surface area contributed by atoms with E-state index in [1.165, 1.54) is 6.42 Å². The Morgan fingerprint density at radius 1 is 1.00 bits per heavy atom. The molecule has 1 atom stereocenters. The smallest absolute Gasteiger partial charge is 0.135 e. The summed E-state index contributed by atoms with van der Waals surface area (Å²) in [7, 11) is 0. The molecule has 0 rings (SSSR count). The first kappa shape index (κ1) is 25.9. The van der Waals surface area contributed by atoms with E-state index in [0.717, 1.165) is 31.5 Å². The van der Waals surface area contributed by atoms with Crippen LogP contribution >= 0.6 is 0 Å². The van der Waals surface area contributed by atoms with Crippen LogP contribution in [0.15, 0.2) is 0 Å². The molecule has 0 aromatic heterocycles. The third-order valence-electron chi connectivity index (χ3n) is 3.18. The molecule has 0 N–H and O–H groups in total. The lowest BCUT2D eigenvalue weighted by atomic mass is 10.1. The molecule has 0 aliphatic carbocycles. The van der Waals surface area contributed by atoms with Crippen molar-refractivity contribution in [2.45, 2.75) is 87.5 Å². The van der Waals surface area contributed by atoms with Gasteiger partial charge in [-0.1, -0.05) is 54.9 Å². The normalized spacial score (nSPS) is 11.0. The predicted molar refractivity (Wildman–Crippen MR) is 95.0 cm³/mol. The van der Waals surface area contributed by atoms with Crippen molar-refractivity contribution in [3.05, 3.63) is 0 Å². The highest BCUT2D eigenvalue weighted by molar-refractivity contribution is 5.79. The van der Waals surface area contributed by atoms with Gasteiger partial charge in [0.2, 0.25) is 0 Å². The first-order chi connectivity index (χ1) is 10.1. The summed E-state index contributed by atoms with van der Waals surface area (Å²) in [6, 6.07) is 0. The van der Waals surface area contributed by atoms with Crippen molar-refractivity contribution in [3.8, 4) is 0 Å². The van der Waals surface area contributed by atoms with Gasteiger partial charge in [0.05, 0.1) is 0 Å². The van der Waals surface area contributed by atoms with E-state index >= 15 is 0 Å². The van der Waals surface area contributed by atoms with Gasteiger partial charge in [-0.2, -0.15) is 0 Å². The summed E-state index contributed by atoms with van der Waals surface area (Å²) in [6.45, 7) is 15.7. The minimum Gasteiger partial charge on any atom is -0.303 e. The largest absolute Gasteiger partial charge is 0.303 e. The first-order valence-electron chi connectivity index (χ1n) is 8.59. The second-order valence-corrected chi connectivity index (χ2v) is 6.48. The number of hydrogen-bond acceptors (Lipinski definition) is 3. The Kier molecular flexibility index (Phi) is 21.3. The molecule has 0 aromatic carbocycles. The van der Waals surface area contributed by atoms with Gasteiger partial charge < -0.3 is 9.59 Å². The van der Waals surface area contributed by atoms with Gasteiger partial charge in [-0.25, -0.2) is 0 Å². The van der Waals surface area contributed by atoms with E-state index in [4.69, 9.17) is 0 Å². The molecule has 22 heavy (non-hydrogen) atoms. The quantitative estimate of drug-likeness (QED) is 0.575. The van der Waals surface area contributed by atoms with Crippen molar-refractivity contribution < 1.29 is 14.4 Å². The maximum Gasteiger partial charge on any atom is 0.135 e. The highest BCUT2D eigenvalue weighted by Gasteiger charge is 2.00. The molecular formula is C19H38O3. The summed E-state index contributed by atoms with van der Waals surface area (Å²) in [5, 5.41) is 0. The average Bonchev–Trinajstić information content (AvgIpc) is 2.45. The minimum atomic E-state index is 0.227. The molecule has 1 unspecified atom stereocenters. The van der Waals surface area contributed by atoms with Crippen LogP contribution in [0.5, 0.6) is 0 Å². The van der Waals surface area contributed by atoms with E-state index in [1.807, 2.05) is 34.6 Å². The molecule has 0 heterocycles. The summed E-state index contributed by atoms with van der Waals surface area (Å²) in [6.07, 6.45) is 5.62. The maximum atomic E-state index is 10.5. The van der Waals surface area contributed by atoms with Crippen LogP contribution in [-0.2, 0) is 14.4 Å². The molecule has 0 amide bonds. The zero-order valence-corrected chi connectivity index (χ0v) is 16.1. The molecule has 0 saturated carbocycles. The molecule has 0 saturated heterocycles. The molecular weight excluding hydrogens is 276 g/mol. The van der Waals surface area contributed by atoms with Crippen molar-refractivity contribution in [3.63, 3.8) is 0 Å². The monoisotopic (exact) mass is 314 g/mol. The van der Waals surface area contributed by atoms with Gasteiger partial charge in [0.15, 0.2) is 0 Å². The molecule has 0 fully saturated rings. The van der Waals surface area contributed by atoms with Crippen molar-refractivity contribution in [2.75, 3.05) is 0 Å². The topological polar surface area (TPSA) is 51.2 Å². The van der Waals surface area contributed by atoms with Crippen molar-refractivity contribution in [1.82, 2.24) is 0 Å². The number of hydrogen-bond donors (Lipinski definition) is 0. The van der Waals surface area contributed by atoms with Gasteiger partial charge >= 0.3 is 0 Å². The Morgan fingerprint density at radius 2 is 1.50 bits per heavy atom. The molecule has 132 valence electrons. The highest BCUT2D eigenvalue weighted by Crippen LogP contribution is 2.05. The predicted octanol–water partition coefficient (Wildman–Crippen LogP) is 5.25.